The fourth-order valence-electron chi connectivity index (χ4n) is 0.976. The summed E-state index contributed by atoms with van der Waals surface area (Å²) in [6.45, 7) is 25.7. The molecule has 0 atom stereocenters. The molecule has 0 saturated carbocycles. The molecule has 0 heterocycles. The van der Waals surface area contributed by atoms with Gasteiger partial charge in [0.1, 0.15) is 0 Å². The zero-order valence-electron chi connectivity index (χ0n) is 14.0. The molecule has 0 nitrogen and oxygen atoms in total. The van der Waals surface area contributed by atoms with Gasteiger partial charge in [0.25, 0.3) is 0 Å². The molecular weight excluding hydrogens is 228 g/mol. The minimum atomic E-state index is 0.873. The van der Waals surface area contributed by atoms with Crippen molar-refractivity contribution in [2.75, 3.05) is 0 Å². The van der Waals surface area contributed by atoms with Crippen LogP contribution < -0.4 is 0 Å². The molecule has 0 aromatic rings. The molecule has 0 saturated heterocycles. The van der Waals surface area contributed by atoms with Crippen LogP contribution in [0.2, 0.25) is 0 Å². The average Bonchev–Trinajstić information content (AvgIpc) is 2.50. The van der Waals surface area contributed by atoms with Crippen LogP contribution in [-0.4, -0.2) is 0 Å². The number of hydrogen-bond donors (Lipinski definition) is 0. The Morgan fingerprint density at radius 3 is 1.74 bits per heavy atom. The maximum absolute atomic E-state index is 3.94. The second kappa shape index (κ2) is 29.9. The summed E-state index contributed by atoms with van der Waals surface area (Å²) >= 11 is 0. The zero-order chi connectivity index (χ0) is 16.1. The average molecular weight is 262 g/mol. The molecule has 0 heteroatoms. The van der Waals surface area contributed by atoms with Gasteiger partial charge >= 0.3 is 0 Å². The smallest absolute Gasteiger partial charge is 0.00320 e. The third-order valence-corrected chi connectivity index (χ3v) is 1.60. The van der Waals surface area contributed by atoms with Gasteiger partial charge in [0.15, 0.2) is 0 Å². The SMILES string of the molecule is C=C.C=C/C(=C\C=C/C)CC(=C)/C=C\C.CC.CC. The second-order valence-electron chi connectivity index (χ2n) is 2.81. The molecule has 0 bridgehead atoms. The van der Waals surface area contributed by atoms with Crippen molar-refractivity contribution in [2.45, 2.75) is 48.0 Å². The Balaban J connectivity index is -0.000000163. The monoisotopic (exact) mass is 262 g/mol. The summed E-state index contributed by atoms with van der Waals surface area (Å²) in [5, 5.41) is 0. The molecular formula is C19H34. The fraction of sp³-hybridized carbons (Fsp3) is 0.368. The lowest BCUT2D eigenvalue weighted by Crippen LogP contribution is -1.80. The summed E-state index contributed by atoms with van der Waals surface area (Å²) < 4.78 is 0. The summed E-state index contributed by atoms with van der Waals surface area (Å²) in [7, 11) is 0. The lowest BCUT2D eigenvalue weighted by molar-refractivity contribution is 1.22. The van der Waals surface area contributed by atoms with Crippen LogP contribution in [0.1, 0.15) is 48.0 Å². The van der Waals surface area contributed by atoms with E-state index in [2.05, 4.69) is 32.4 Å². The molecule has 0 radical (unpaired) electrons. The number of hydrogen-bond acceptors (Lipinski definition) is 0. The predicted octanol–water partition coefficient (Wildman–Crippen LogP) is 7.05. The summed E-state index contributed by atoms with van der Waals surface area (Å²) in [5.74, 6) is 0. The van der Waals surface area contributed by atoms with Gasteiger partial charge in [-0.1, -0.05) is 82.9 Å². The molecule has 0 aliphatic carbocycles. The molecule has 0 aliphatic rings. The van der Waals surface area contributed by atoms with Gasteiger partial charge in [0, 0.05) is 0 Å². The van der Waals surface area contributed by atoms with Gasteiger partial charge < -0.3 is 0 Å². The first-order valence-corrected chi connectivity index (χ1v) is 6.99. The van der Waals surface area contributed by atoms with Gasteiger partial charge in [0.2, 0.25) is 0 Å². The Bertz CT molecular complexity index is 262. The van der Waals surface area contributed by atoms with Crippen molar-refractivity contribution in [3.05, 3.63) is 73.9 Å². The molecule has 0 fully saturated rings. The quantitative estimate of drug-likeness (QED) is 0.368. The second-order valence-corrected chi connectivity index (χ2v) is 2.81. The Labute approximate surface area is 122 Å². The van der Waals surface area contributed by atoms with Crippen LogP contribution in [0.5, 0.6) is 0 Å². The Morgan fingerprint density at radius 2 is 1.42 bits per heavy atom. The highest BCUT2D eigenvalue weighted by Gasteiger charge is 1.91. The predicted molar refractivity (Wildman–Crippen MR) is 95.6 cm³/mol. The summed E-state index contributed by atoms with van der Waals surface area (Å²) in [5.41, 5.74) is 2.30. The molecule has 0 rings (SSSR count). The van der Waals surface area contributed by atoms with Gasteiger partial charge in [0.05, 0.1) is 0 Å². The Kier molecular flexibility index (Phi) is 41.1. The van der Waals surface area contributed by atoms with Crippen molar-refractivity contribution in [3.8, 4) is 0 Å². The summed E-state index contributed by atoms with van der Waals surface area (Å²) in [6, 6.07) is 0. The molecule has 0 amide bonds. The Morgan fingerprint density at radius 1 is 0.947 bits per heavy atom. The van der Waals surface area contributed by atoms with Crippen LogP contribution in [0.25, 0.3) is 0 Å². The molecule has 0 aliphatic heterocycles. The van der Waals surface area contributed by atoms with Gasteiger partial charge in [-0.25, -0.2) is 0 Å². The fourth-order valence-corrected chi connectivity index (χ4v) is 0.976. The third kappa shape index (κ3) is 26.2. The highest BCUT2D eigenvalue weighted by molar-refractivity contribution is 5.30. The summed E-state index contributed by atoms with van der Waals surface area (Å²) in [6.07, 6.45) is 12.8. The molecule has 0 aromatic heterocycles. The highest BCUT2D eigenvalue weighted by Crippen LogP contribution is 2.11. The first kappa shape index (κ1) is 26.1. The summed E-state index contributed by atoms with van der Waals surface area (Å²) in [4.78, 5) is 0. The van der Waals surface area contributed by atoms with Gasteiger partial charge in [-0.2, -0.15) is 0 Å². The van der Waals surface area contributed by atoms with Crippen molar-refractivity contribution in [3.63, 3.8) is 0 Å². The minimum absolute atomic E-state index is 0.873. The lowest BCUT2D eigenvalue weighted by Gasteiger charge is -1.99. The van der Waals surface area contributed by atoms with E-state index in [0.717, 1.165) is 12.0 Å². The topological polar surface area (TPSA) is 0 Å². The Hall–Kier alpha value is -1.56. The van der Waals surface area contributed by atoms with E-state index in [1.54, 1.807) is 0 Å². The first-order valence-electron chi connectivity index (χ1n) is 6.99. The minimum Gasteiger partial charge on any atom is -0.106 e. The first-order chi connectivity index (χ1) is 9.24. The van der Waals surface area contributed by atoms with Crippen molar-refractivity contribution in [1.82, 2.24) is 0 Å². The van der Waals surface area contributed by atoms with Gasteiger partial charge in [-0.05, 0) is 25.8 Å². The van der Waals surface area contributed by atoms with Crippen LogP contribution in [-0.2, 0) is 0 Å². The maximum atomic E-state index is 3.94. The van der Waals surface area contributed by atoms with Gasteiger partial charge in [-0.3, -0.25) is 0 Å². The molecule has 19 heavy (non-hydrogen) atoms. The van der Waals surface area contributed by atoms with Crippen molar-refractivity contribution in [1.29, 1.82) is 0 Å². The lowest BCUT2D eigenvalue weighted by atomic mass is 10.1. The van der Waals surface area contributed by atoms with Crippen LogP contribution in [0, 0.1) is 0 Å². The molecule has 0 aromatic carbocycles. The van der Waals surface area contributed by atoms with Crippen LogP contribution in [0.3, 0.4) is 0 Å². The normalized spacial score (nSPS) is 9.47. The van der Waals surface area contributed by atoms with Crippen LogP contribution in [0.4, 0.5) is 0 Å². The largest absolute Gasteiger partial charge is 0.106 e. The number of allylic oxidation sites excluding steroid dienone is 8. The van der Waals surface area contributed by atoms with E-state index in [4.69, 9.17) is 0 Å². The maximum Gasteiger partial charge on any atom is -0.00320 e. The van der Waals surface area contributed by atoms with E-state index in [0.29, 0.717) is 0 Å². The van der Waals surface area contributed by atoms with Crippen molar-refractivity contribution >= 4 is 0 Å². The van der Waals surface area contributed by atoms with E-state index in [-0.39, 0.29) is 0 Å². The van der Waals surface area contributed by atoms with Crippen molar-refractivity contribution < 1.29 is 0 Å². The molecule has 110 valence electrons. The van der Waals surface area contributed by atoms with E-state index in [1.165, 1.54) is 5.57 Å². The van der Waals surface area contributed by atoms with E-state index in [9.17, 15) is 0 Å². The van der Waals surface area contributed by atoms with Crippen molar-refractivity contribution in [2.24, 2.45) is 0 Å². The van der Waals surface area contributed by atoms with Crippen LogP contribution >= 0.6 is 0 Å². The zero-order valence-corrected chi connectivity index (χ0v) is 14.0. The molecule has 0 spiro atoms. The van der Waals surface area contributed by atoms with E-state index < -0.39 is 0 Å². The van der Waals surface area contributed by atoms with E-state index >= 15 is 0 Å². The van der Waals surface area contributed by atoms with Gasteiger partial charge in [-0.15, -0.1) is 13.2 Å². The molecule has 0 N–H and O–H groups in total. The van der Waals surface area contributed by atoms with Crippen LogP contribution in [0.15, 0.2) is 73.9 Å². The molecule has 0 unspecified atom stereocenters. The number of rotatable bonds is 5. The standard InChI is InChI=1S/C13H18.2C2H6.C2H4/c1-5-8-10-13(7-3)11-12(4)9-6-2;3*1-2/h5-10H,3-4,11H2,1-2H3;2*1-2H3;1-2H2/b8-5-,9-6-,13-10+;;;. The van der Waals surface area contributed by atoms with E-state index in [1.807, 2.05) is 71.9 Å². The third-order valence-electron chi connectivity index (χ3n) is 1.60. The highest BCUT2D eigenvalue weighted by atomic mass is 14.0.